The van der Waals surface area contributed by atoms with Crippen LogP contribution in [0.4, 0.5) is 0 Å². The first-order valence-corrected chi connectivity index (χ1v) is 15.6. The lowest BCUT2D eigenvalue weighted by molar-refractivity contribution is 0.0738. The number of ether oxygens (including phenoxy) is 10. The van der Waals surface area contributed by atoms with Crippen molar-refractivity contribution < 1.29 is 57.0 Å². The molecule has 2 aliphatic rings. The fourth-order valence-corrected chi connectivity index (χ4v) is 6.58. The van der Waals surface area contributed by atoms with E-state index in [1.54, 1.807) is 61.7 Å². The second-order valence-corrected chi connectivity index (χ2v) is 11.4. The molecule has 0 aliphatic carbocycles. The molecular formula is C38H38O12. The van der Waals surface area contributed by atoms with Crippen LogP contribution in [0.3, 0.4) is 0 Å². The van der Waals surface area contributed by atoms with Crippen LogP contribution in [-0.2, 0) is 0 Å². The minimum atomic E-state index is -1.12. The zero-order chi connectivity index (χ0) is 35.7. The van der Waals surface area contributed by atoms with Gasteiger partial charge < -0.3 is 47.4 Å². The van der Waals surface area contributed by atoms with Gasteiger partial charge in [0.05, 0.1) is 74.8 Å². The number of carbonyl (C=O) groups is 2. The van der Waals surface area contributed by atoms with Gasteiger partial charge in [0, 0.05) is 18.2 Å². The Morgan fingerprint density at radius 1 is 0.540 bits per heavy atom. The van der Waals surface area contributed by atoms with Gasteiger partial charge in [0.1, 0.15) is 57.8 Å². The van der Waals surface area contributed by atoms with Crippen LogP contribution in [-0.4, -0.2) is 68.4 Å². The Labute approximate surface area is 289 Å². The minimum Gasteiger partial charge on any atom is -0.496 e. The number of hydrogen-bond donors (Lipinski definition) is 0. The molecule has 4 aromatic rings. The quantitative estimate of drug-likeness (QED) is 0.170. The highest BCUT2D eigenvalue weighted by Gasteiger charge is 2.47. The largest absolute Gasteiger partial charge is 0.496 e. The predicted molar refractivity (Wildman–Crippen MR) is 181 cm³/mol. The van der Waals surface area contributed by atoms with Crippen molar-refractivity contribution in [1.82, 2.24) is 0 Å². The van der Waals surface area contributed by atoms with Crippen molar-refractivity contribution in [2.45, 2.75) is 24.5 Å². The average molecular weight is 687 g/mol. The van der Waals surface area contributed by atoms with Crippen LogP contribution in [0.1, 0.15) is 62.0 Å². The smallest absolute Gasteiger partial charge is 0.182 e. The summed E-state index contributed by atoms with van der Waals surface area (Å²) >= 11 is 0. The van der Waals surface area contributed by atoms with Crippen LogP contribution in [0.15, 0.2) is 54.6 Å². The number of fused-ring (bicyclic) bond motifs is 2. The second kappa shape index (κ2) is 14.0. The molecule has 0 saturated carbocycles. The van der Waals surface area contributed by atoms with Gasteiger partial charge in [0.2, 0.25) is 0 Å². The zero-order valence-corrected chi connectivity index (χ0v) is 29.0. The molecule has 12 nitrogen and oxygen atoms in total. The molecule has 0 saturated heterocycles. The molecule has 0 aromatic heterocycles. The van der Waals surface area contributed by atoms with E-state index >= 15 is 4.79 Å². The van der Waals surface area contributed by atoms with Gasteiger partial charge in [-0.25, -0.2) is 0 Å². The Morgan fingerprint density at radius 3 is 1.68 bits per heavy atom. The fourth-order valence-electron chi connectivity index (χ4n) is 6.58. The van der Waals surface area contributed by atoms with Crippen LogP contribution in [0.25, 0.3) is 0 Å². The summed E-state index contributed by atoms with van der Waals surface area (Å²) < 4.78 is 58.3. The first-order valence-electron chi connectivity index (χ1n) is 15.6. The standard InChI is InChI=1S/C38H38O12/c1-41-21-15-28(46-6)33-31(16-21)50-37(20-10-12-24(43-3)27(14-20)45-5)35(36(33)40)34-30(48-8)18-29(47-7)32-22(39)17-25(49-38(32)34)19-9-11-23(42-2)26(13-19)44-4/h9-16,18,25,35,37H,17H2,1-8H3/t25-,35+,37+/m0/s1. The van der Waals surface area contributed by atoms with E-state index in [4.69, 9.17) is 47.4 Å². The average Bonchev–Trinajstić information content (AvgIpc) is 3.15. The summed E-state index contributed by atoms with van der Waals surface area (Å²) in [6.07, 6.45) is -1.73. The van der Waals surface area contributed by atoms with Crippen LogP contribution < -0.4 is 47.4 Å². The molecular weight excluding hydrogens is 648 g/mol. The molecule has 0 amide bonds. The molecule has 0 fully saturated rings. The maximum Gasteiger partial charge on any atom is 0.182 e. The van der Waals surface area contributed by atoms with E-state index in [0.29, 0.717) is 45.4 Å². The summed E-state index contributed by atoms with van der Waals surface area (Å²) in [7, 11) is 12.0. The molecule has 3 atom stereocenters. The van der Waals surface area contributed by atoms with Gasteiger partial charge in [-0.2, -0.15) is 0 Å². The van der Waals surface area contributed by atoms with Crippen molar-refractivity contribution in [3.63, 3.8) is 0 Å². The monoisotopic (exact) mass is 686 g/mol. The molecule has 12 heteroatoms. The van der Waals surface area contributed by atoms with E-state index in [1.807, 2.05) is 0 Å². The number of rotatable bonds is 11. The maximum absolute atomic E-state index is 15.0. The lowest BCUT2D eigenvalue weighted by Crippen LogP contribution is -2.32. The molecule has 0 unspecified atom stereocenters. The first-order chi connectivity index (χ1) is 24.2. The van der Waals surface area contributed by atoms with Crippen molar-refractivity contribution in [1.29, 1.82) is 0 Å². The topological polar surface area (TPSA) is 126 Å². The molecule has 50 heavy (non-hydrogen) atoms. The summed E-state index contributed by atoms with van der Waals surface area (Å²) in [5, 5.41) is 0. The number of carbonyl (C=O) groups excluding carboxylic acids is 2. The third-order valence-electron chi connectivity index (χ3n) is 9.00. The predicted octanol–water partition coefficient (Wildman–Crippen LogP) is 6.56. The Balaban J connectivity index is 1.62. The highest BCUT2D eigenvalue weighted by atomic mass is 16.5. The summed E-state index contributed by atoms with van der Waals surface area (Å²) in [5.41, 5.74) is 1.93. The van der Waals surface area contributed by atoms with Gasteiger partial charge in [-0.1, -0.05) is 12.1 Å². The van der Waals surface area contributed by atoms with Gasteiger partial charge in [-0.15, -0.1) is 0 Å². The van der Waals surface area contributed by atoms with E-state index in [2.05, 4.69) is 0 Å². The van der Waals surface area contributed by atoms with Crippen LogP contribution >= 0.6 is 0 Å². The van der Waals surface area contributed by atoms with Crippen LogP contribution in [0, 0.1) is 0 Å². The molecule has 0 radical (unpaired) electrons. The molecule has 2 heterocycles. The van der Waals surface area contributed by atoms with Crippen molar-refractivity contribution in [2.75, 3.05) is 56.9 Å². The number of benzene rings is 4. The fraction of sp³-hybridized carbons (Fsp3) is 0.316. The van der Waals surface area contributed by atoms with Crippen LogP contribution in [0.5, 0.6) is 57.5 Å². The highest BCUT2D eigenvalue weighted by molar-refractivity contribution is 6.09. The van der Waals surface area contributed by atoms with Gasteiger partial charge in [-0.05, 0) is 35.4 Å². The van der Waals surface area contributed by atoms with Gasteiger partial charge in [0.15, 0.2) is 34.6 Å². The molecule has 0 bridgehead atoms. The van der Waals surface area contributed by atoms with Gasteiger partial charge >= 0.3 is 0 Å². The minimum absolute atomic E-state index is 0.00468. The van der Waals surface area contributed by atoms with E-state index < -0.39 is 18.1 Å². The number of hydrogen-bond acceptors (Lipinski definition) is 12. The van der Waals surface area contributed by atoms with E-state index in [0.717, 1.165) is 0 Å². The van der Waals surface area contributed by atoms with Crippen LogP contribution in [0.2, 0.25) is 0 Å². The van der Waals surface area contributed by atoms with E-state index in [-0.39, 0.29) is 57.9 Å². The van der Waals surface area contributed by atoms with Gasteiger partial charge in [0.25, 0.3) is 0 Å². The zero-order valence-electron chi connectivity index (χ0n) is 29.0. The van der Waals surface area contributed by atoms with Crippen molar-refractivity contribution in [2.24, 2.45) is 0 Å². The molecule has 262 valence electrons. The van der Waals surface area contributed by atoms with Gasteiger partial charge in [-0.3, -0.25) is 9.59 Å². The Bertz CT molecular complexity index is 1950. The second-order valence-electron chi connectivity index (χ2n) is 11.4. The SMILES string of the molecule is COc1cc(OC)c2c(c1)O[C@H](c1ccc(OC)c(OC)c1)[C@H](c1c(OC)cc(OC)c3c1O[C@H](c1ccc(OC)c(OC)c1)CC3=O)C2=O. The van der Waals surface area contributed by atoms with Crippen molar-refractivity contribution >= 4 is 11.6 Å². The van der Waals surface area contributed by atoms with E-state index in [1.165, 1.54) is 49.8 Å². The maximum atomic E-state index is 15.0. The number of methoxy groups -OCH3 is 8. The summed E-state index contributed by atoms with van der Waals surface area (Å²) in [6, 6.07) is 15.4. The molecule has 2 aliphatic heterocycles. The lowest BCUT2D eigenvalue weighted by Gasteiger charge is -2.37. The highest BCUT2D eigenvalue weighted by Crippen LogP contribution is 2.56. The van der Waals surface area contributed by atoms with Crippen molar-refractivity contribution in [3.05, 3.63) is 82.4 Å². The van der Waals surface area contributed by atoms with Crippen molar-refractivity contribution in [3.8, 4) is 57.5 Å². The molecule has 0 N–H and O–H groups in total. The lowest BCUT2D eigenvalue weighted by atomic mass is 9.78. The Kier molecular flexibility index (Phi) is 9.54. The summed E-state index contributed by atoms with van der Waals surface area (Å²) in [5.74, 6) is 1.76. The number of ketones is 2. The Morgan fingerprint density at radius 2 is 1.10 bits per heavy atom. The first kappa shape index (κ1) is 34.1. The third-order valence-corrected chi connectivity index (χ3v) is 9.00. The molecule has 4 aromatic carbocycles. The molecule has 0 spiro atoms. The summed E-state index contributed by atoms with van der Waals surface area (Å²) in [6.45, 7) is 0. The molecule has 6 rings (SSSR count). The van der Waals surface area contributed by atoms with E-state index in [9.17, 15) is 4.79 Å². The third kappa shape index (κ3) is 5.70. The normalized spacial score (nSPS) is 17.7. The number of Topliss-reactive ketones (excluding diaryl/α,β-unsaturated/α-hetero) is 2. The Hall–Kier alpha value is -5.78. The summed E-state index contributed by atoms with van der Waals surface area (Å²) in [4.78, 5) is 29.1.